The van der Waals surface area contributed by atoms with E-state index < -0.39 is 17.2 Å². The molecule has 0 radical (unpaired) electrons. The van der Waals surface area contributed by atoms with E-state index in [0.717, 1.165) is 51.4 Å². The molecule has 0 aliphatic heterocycles. The van der Waals surface area contributed by atoms with Crippen molar-refractivity contribution in [2.24, 2.45) is 29.6 Å². The van der Waals surface area contributed by atoms with Crippen LogP contribution in [0.4, 0.5) is 0 Å². The number of hydrogen-bond donors (Lipinski definition) is 4. The Morgan fingerprint density at radius 1 is 0.467 bits per heavy atom. The number of hydrogen-bond acceptors (Lipinski definition) is 6. The molecular weight excluding hydrogens is 783 g/mol. The van der Waals surface area contributed by atoms with Gasteiger partial charge in [0.2, 0.25) is 0 Å². The van der Waals surface area contributed by atoms with E-state index in [1.807, 2.05) is 0 Å². The Labute approximate surface area is 372 Å². The van der Waals surface area contributed by atoms with Crippen molar-refractivity contribution in [2.45, 2.75) is 214 Å². The Kier molecular flexibility index (Phi) is 27.1. The molecule has 8 heteroatoms. The summed E-state index contributed by atoms with van der Waals surface area (Å²) in [6.07, 6.45) is 20.8. The van der Waals surface area contributed by atoms with Crippen LogP contribution in [0.25, 0.3) is 0 Å². The van der Waals surface area contributed by atoms with E-state index >= 15 is 0 Å². The molecular formula is C52H92O6P2. The van der Waals surface area contributed by atoms with Gasteiger partial charge >= 0.3 is 17.2 Å². The van der Waals surface area contributed by atoms with E-state index in [0.29, 0.717) is 54.6 Å². The molecule has 2 rings (SSSR count). The van der Waals surface area contributed by atoms with Gasteiger partial charge in [0.1, 0.15) is 0 Å². The highest BCUT2D eigenvalue weighted by Crippen LogP contribution is 2.49. The lowest BCUT2D eigenvalue weighted by Crippen LogP contribution is -2.35. The maximum Gasteiger partial charge on any atom is 0.327 e. The Morgan fingerprint density at radius 3 is 1.17 bits per heavy atom. The Bertz CT molecular complexity index is 1290. The summed E-state index contributed by atoms with van der Waals surface area (Å²) in [4.78, 5) is 39.2. The molecule has 0 aliphatic rings. The van der Waals surface area contributed by atoms with Crippen LogP contribution in [0.2, 0.25) is 0 Å². The predicted molar refractivity (Wildman–Crippen MR) is 259 cm³/mol. The van der Waals surface area contributed by atoms with Crippen LogP contribution in [0.1, 0.15) is 226 Å². The first-order valence-corrected chi connectivity index (χ1v) is 26.6. The summed E-state index contributed by atoms with van der Waals surface area (Å²) in [7, 11) is -4.81. The van der Waals surface area contributed by atoms with Gasteiger partial charge in [0, 0.05) is 0 Å². The molecule has 60 heavy (non-hydrogen) atoms. The smallest absolute Gasteiger partial charge is 0.327 e. The fraction of sp³-hybridized carbons (Fsp3) is 0.769. The van der Waals surface area contributed by atoms with Crippen LogP contribution in [0.15, 0.2) is 48.5 Å². The van der Waals surface area contributed by atoms with E-state index in [1.165, 1.54) is 86.5 Å². The molecule has 0 amide bonds. The van der Waals surface area contributed by atoms with Crippen LogP contribution in [0, 0.1) is 29.6 Å². The molecule has 0 saturated carbocycles. The molecule has 0 aliphatic carbocycles. The first-order valence-electron chi connectivity index (χ1n) is 24.3. The average molecular weight is 875 g/mol. The minimum atomic E-state index is -2.41. The zero-order valence-electron chi connectivity index (χ0n) is 40.3. The lowest BCUT2D eigenvalue weighted by molar-refractivity contribution is 0.0722. The Hall–Kier alpha value is -0.940. The lowest BCUT2D eigenvalue weighted by Gasteiger charge is -2.44. The van der Waals surface area contributed by atoms with Gasteiger partial charge in [0.15, 0.2) is 0 Å². The monoisotopic (exact) mass is 875 g/mol. The maximum absolute atomic E-state index is 9.80. The van der Waals surface area contributed by atoms with E-state index in [2.05, 4.69) is 125 Å². The standard InChI is InChI=1S/C52H92O6P2/c1-12-15-17-19-21-28-42(44-30-23-25-32-49(44)51(6,7)8)38-47(40(4)34-36-57-59(53)54)46(27-14-3)48(41(5)35-37-58-60(55)56)39-43(29-22-20-18-16-13-2)45-31-24-26-33-50(45)52(9,10)11/h23-26,30-33,40-43,46-48,53-56H,12-22,27-29,34-39H2,1-11H3. The van der Waals surface area contributed by atoms with Crippen LogP contribution in [-0.4, -0.2) is 32.8 Å². The van der Waals surface area contributed by atoms with Gasteiger partial charge in [-0.2, -0.15) is 0 Å². The lowest BCUT2D eigenvalue weighted by atomic mass is 9.62. The Balaban J connectivity index is 2.85. The molecule has 6 unspecified atom stereocenters. The molecule has 0 aromatic heterocycles. The summed E-state index contributed by atoms with van der Waals surface area (Å²) >= 11 is 0. The van der Waals surface area contributed by atoms with Gasteiger partial charge in [-0.3, -0.25) is 0 Å². The molecule has 4 N–H and O–H groups in total. The van der Waals surface area contributed by atoms with Gasteiger partial charge in [-0.1, -0.05) is 202 Å². The summed E-state index contributed by atoms with van der Waals surface area (Å²) in [5.74, 6) is 2.55. The van der Waals surface area contributed by atoms with Gasteiger partial charge < -0.3 is 28.6 Å². The first kappa shape index (κ1) is 55.2. The van der Waals surface area contributed by atoms with Crippen molar-refractivity contribution < 1.29 is 28.6 Å². The third kappa shape index (κ3) is 20.3. The van der Waals surface area contributed by atoms with Crippen molar-refractivity contribution in [2.75, 3.05) is 13.2 Å². The second-order valence-corrected chi connectivity index (χ2v) is 22.0. The number of unbranched alkanes of at least 4 members (excludes halogenated alkanes) is 8. The zero-order valence-corrected chi connectivity index (χ0v) is 42.1. The molecule has 2 aromatic carbocycles. The summed E-state index contributed by atoms with van der Waals surface area (Å²) in [5.41, 5.74) is 5.94. The highest BCUT2D eigenvalue weighted by atomic mass is 31.2. The molecule has 346 valence electrons. The quantitative estimate of drug-likeness (QED) is 0.0432. The van der Waals surface area contributed by atoms with E-state index in [-0.39, 0.29) is 10.8 Å². The largest absolute Gasteiger partial charge is 0.328 e. The van der Waals surface area contributed by atoms with Crippen molar-refractivity contribution >= 4 is 17.2 Å². The minimum absolute atomic E-state index is 0.0227. The number of benzene rings is 2. The van der Waals surface area contributed by atoms with E-state index in [9.17, 15) is 19.6 Å². The second kappa shape index (κ2) is 29.5. The summed E-state index contributed by atoms with van der Waals surface area (Å²) in [6, 6.07) is 18.5. The maximum atomic E-state index is 9.80. The second-order valence-electron chi connectivity index (χ2n) is 20.4. The fourth-order valence-electron chi connectivity index (χ4n) is 10.3. The molecule has 0 spiro atoms. The molecule has 6 atom stereocenters. The third-order valence-corrected chi connectivity index (χ3v) is 14.4. The van der Waals surface area contributed by atoms with Crippen molar-refractivity contribution in [1.82, 2.24) is 0 Å². The summed E-state index contributed by atoms with van der Waals surface area (Å²) in [5, 5.41) is 0. The van der Waals surface area contributed by atoms with Gasteiger partial charge in [-0.15, -0.1) is 0 Å². The first-order chi connectivity index (χ1) is 28.5. The van der Waals surface area contributed by atoms with E-state index in [4.69, 9.17) is 9.05 Å². The normalized spacial score (nSPS) is 16.2. The predicted octanol–water partition coefficient (Wildman–Crippen LogP) is 15.8. The summed E-state index contributed by atoms with van der Waals surface area (Å²) in [6.45, 7) is 26.5. The molecule has 2 aromatic rings. The average Bonchev–Trinajstić information content (AvgIpc) is 3.18. The van der Waals surface area contributed by atoms with Crippen molar-refractivity contribution in [1.29, 1.82) is 0 Å². The SMILES string of the molecule is CCCCCCCC(CC(C(C)CCOP(O)O)C(CCC)C(CC(CCCCCCC)c1ccccc1C(C)(C)C)C(C)CCOP(O)O)c1ccccc1C(C)(C)C. The number of rotatable bonds is 32. The van der Waals surface area contributed by atoms with Gasteiger partial charge in [0.05, 0.1) is 13.2 Å². The minimum Gasteiger partial charge on any atom is -0.328 e. The van der Waals surface area contributed by atoms with Crippen LogP contribution >= 0.6 is 17.2 Å². The third-order valence-electron chi connectivity index (χ3n) is 13.6. The topological polar surface area (TPSA) is 99.4 Å². The van der Waals surface area contributed by atoms with Crippen molar-refractivity contribution in [3.63, 3.8) is 0 Å². The highest BCUT2D eigenvalue weighted by molar-refractivity contribution is 7.39. The van der Waals surface area contributed by atoms with Crippen LogP contribution < -0.4 is 0 Å². The zero-order chi connectivity index (χ0) is 44.7. The van der Waals surface area contributed by atoms with Crippen molar-refractivity contribution in [3.8, 4) is 0 Å². The van der Waals surface area contributed by atoms with Gasteiger partial charge in [-0.05, 0) is 113 Å². The Morgan fingerprint density at radius 2 is 0.833 bits per heavy atom. The van der Waals surface area contributed by atoms with Crippen LogP contribution in [-0.2, 0) is 19.9 Å². The molecule has 0 heterocycles. The van der Waals surface area contributed by atoms with Gasteiger partial charge in [0.25, 0.3) is 0 Å². The molecule has 0 saturated heterocycles. The highest BCUT2D eigenvalue weighted by Gasteiger charge is 2.39. The van der Waals surface area contributed by atoms with Crippen LogP contribution in [0.5, 0.6) is 0 Å². The fourth-order valence-corrected chi connectivity index (χ4v) is 10.9. The van der Waals surface area contributed by atoms with Crippen LogP contribution in [0.3, 0.4) is 0 Å². The molecule has 0 fully saturated rings. The molecule has 6 nitrogen and oxygen atoms in total. The molecule has 0 bridgehead atoms. The van der Waals surface area contributed by atoms with Crippen molar-refractivity contribution in [3.05, 3.63) is 70.8 Å². The van der Waals surface area contributed by atoms with E-state index in [1.54, 1.807) is 0 Å². The summed E-state index contributed by atoms with van der Waals surface area (Å²) < 4.78 is 11.0. The van der Waals surface area contributed by atoms with Gasteiger partial charge in [-0.25, -0.2) is 0 Å².